The molecular formula is C17H24N2O9. The lowest BCUT2D eigenvalue weighted by Crippen LogP contribution is -2.73. The number of amides is 2. The molecule has 11 nitrogen and oxygen atoms in total. The Labute approximate surface area is 160 Å². The van der Waals surface area contributed by atoms with E-state index < -0.39 is 48.9 Å². The van der Waals surface area contributed by atoms with Gasteiger partial charge in [-0.15, -0.1) is 0 Å². The second-order valence-electron chi connectivity index (χ2n) is 6.26. The van der Waals surface area contributed by atoms with E-state index in [4.69, 9.17) is 14.6 Å². The molecule has 0 aromatic heterocycles. The van der Waals surface area contributed by atoms with Gasteiger partial charge in [0.05, 0.1) is 6.61 Å². The molecule has 1 aromatic rings. The number of ether oxygens (including phenoxy) is 2. The fraction of sp³-hybridized carbons (Fsp3) is 0.529. The maximum atomic E-state index is 12.0. The van der Waals surface area contributed by atoms with Crippen molar-refractivity contribution in [1.29, 1.82) is 0 Å². The number of alkyl carbamates (subject to hydrolysis) is 1. The van der Waals surface area contributed by atoms with Gasteiger partial charge in [-0.3, -0.25) is 4.79 Å². The molecule has 0 aliphatic carbocycles. The number of carbonyl (C=O) groups excluding carboxylic acids is 2. The minimum Gasteiger partial charge on any atom is -0.445 e. The van der Waals surface area contributed by atoms with Gasteiger partial charge < -0.3 is 45.6 Å². The number of aliphatic hydroxyl groups excluding tert-OH is 4. The molecular weight excluding hydrogens is 376 g/mol. The van der Waals surface area contributed by atoms with Gasteiger partial charge in [0.25, 0.3) is 0 Å². The van der Waals surface area contributed by atoms with Crippen LogP contribution in [0, 0.1) is 0 Å². The lowest BCUT2D eigenvalue weighted by molar-refractivity contribution is -0.336. The summed E-state index contributed by atoms with van der Waals surface area (Å²) in [6, 6.07) is 8.97. The Bertz CT molecular complexity index is 659. The monoisotopic (exact) mass is 400 g/mol. The van der Waals surface area contributed by atoms with E-state index in [1.54, 1.807) is 24.3 Å². The third kappa shape index (κ3) is 5.38. The zero-order chi connectivity index (χ0) is 20.7. The molecule has 11 heteroatoms. The number of benzene rings is 1. The zero-order valence-electron chi connectivity index (χ0n) is 14.9. The smallest absolute Gasteiger partial charge is 0.407 e. The van der Waals surface area contributed by atoms with Crippen molar-refractivity contribution in [3.05, 3.63) is 35.9 Å². The Balaban J connectivity index is 1.76. The molecule has 0 radical (unpaired) electrons. The second kappa shape index (κ2) is 9.78. The molecule has 1 saturated heterocycles. The predicted octanol–water partition coefficient (Wildman–Crippen LogP) is -2.46. The quantitative estimate of drug-likeness (QED) is 0.245. The number of aliphatic hydroxyl groups is 5. The van der Waals surface area contributed by atoms with Crippen LogP contribution < -0.4 is 10.6 Å². The highest BCUT2D eigenvalue weighted by atomic mass is 16.6. The summed E-state index contributed by atoms with van der Waals surface area (Å²) in [4.78, 5) is 23.6. The number of hydrogen-bond donors (Lipinski definition) is 7. The fourth-order valence-electron chi connectivity index (χ4n) is 2.58. The van der Waals surface area contributed by atoms with Gasteiger partial charge >= 0.3 is 6.09 Å². The molecule has 1 aliphatic heterocycles. The molecule has 2 rings (SSSR count). The average Bonchev–Trinajstić information content (AvgIpc) is 2.68. The summed E-state index contributed by atoms with van der Waals surface area (Å²) in [7, 11) is 0. The largest absolute Gasteiger partial charge is 0.445 e. The van der Waals surface area contributed by atoms with Crippen LogP contribution >= 0.6 is 0 Å². The summed E-state index contributed by atoms with van der Waals surface area (Å²) in [5, 5.41) is 53.1. The van der Waals surface area contributed by atoms with Crippen molar-refractivity contribution in [2.75, 3.05) is 13.2 Å². The molecule has 1 aliphatic rings. The van der Waals surface area contributed by atoms with Gasteiger partial charge in [-0.1, -0.05) is 30.3 Å². The van der Waals surface area contributed by atoms with Crippen LogP contribution in [0.5, 0.6) is 0 Å². The van der Waals surface area contributed by atoms with Crippen LogP contribution in [0.25, 0.3) is 0 Å². The van der Waals surface area contributed by atoms with E-state index in [1.807, 2.05) is 11.4 Å². The molecule has 0 saturated carbocycles. The van der Waals surface area contributed by atoms with Crippen molar-refractivity contribution in [2.24, 2.45) is 0 Å². The summed E-state index contributed by atoms with van der Waals surface area (Å²) < 4.78 is 9.76. The van der Waals surface area contributed by atoms with Crippen molar-refractivity contribution in [1.82, 2.24) is 10.6 Å². The van der Waals surface area contributed by atoms with Crippen molar-refractivity contribution >= 4 is 12.0 Å². The first-order valence-corrected chi connectivity index (χ1v) is 8.56. The number of carbonyl (C=O) groups is 2. The van der Waals surface area contributed by atoms with Crippen LogP contribution in [-0.4, -0.2) is 81.0 Å². The highest BCUT2D eigenvalue weighted by Crippen LogP contribution is 2.26. The molecule has 1 unspecified atom stereocenters. The Morgan fingerprint density at radius 3 is 2.50 bits per heavy atom. The lowest BCUT2D eigenvalue weighted by atomic mass is 9.93. The minimum atomic E-state index is -2.68. The van der Waals surface area contributed by atoms with Crippen molar-refractivity contribution in [3.63, 3.8) is 0 Å². The van der Waals surface area contributed by atoms with Crippen LogP contribution in [0.1, 0.15) is 12.0 Å². The molecule has 2 amide bonds. The van der Waals surface area contributed by atoms with Crippen LogP contribution in [0.4, 0.5) is 4.79 Å². The number of rotatable bonds is 7. The minimum absolute atomic E-state index is 0.0538. The average molecular weight is 400 g/mol. The lowest BCUT2D eigenvalue weighted by Gasteiger charge is -2.45. The summed E-state index contributed by atoms with van der Waals surface area (Å²) >= 11 is 0. The molecule has 1 heterocycles. The normalized spacial score (nSPS) is 29.8. The fourth-order valence-corrected chi connectivity index (χ4v) is 2.58. The van der Waals surface area contributed by atoms with Gasteiger partial charge in [-0.2, -0.15) is 0 Å². The maximum Gasteiger partial charge on any atom is 0.407 e. The summed E-state index contributed by atoms with van der Waals surface area (Å²) in [5.74, 6) is -0.845. The molecule has 0 spiro atoms. The van der Waals surface area contributed by atoms with Crippen LogP contribution in [0.3, 0.4) is 0 Å². The Hall–Kier alpha value is -2.28. The maximum absolute atomic E-state index is 12.0. The molecule has 28 heavy (non-hydrogen) atoms. The van der Waals surface area contributed by atoms with Gasteiger partial charge in [0.2, 0.25) is 17.9 Å². The van der Waals surface area contributed by atoms with Gasteiger partial charge in [-0.05, 0) is 5.56 Å². The Kier molecular flexibility index (Phi) is 7.69. The highest BCUT2D eigenvalue weighted by Gasteiger charge is 2.55. The standard InChI is InChI=1S/C17H24N2O9/c20-8-11-13(22)14(23)17(26,15(24)28-11)19-12(21)6-7-18-16(25)27-9-10-4-2-1-3-5-10/h1-5,11,13-15,20,22-24,26H,6-9H2,(H,18,25)(H,19,21)/t11-,13-,14+,15?,17-/m1/s1. The third-order valence-electron chi connectivity index (χ3n) is 4.19. The summed E-state index contributed by atoms with van der Waals surface area (Å²) in [6.45, 7) is -0.809. The van der Waals surface area contributed by atoms with Gasteiger partial charge in [0, 0.05) is 13.0 Å². The van der Waals surface area contributed by atoms with E-state index in [2.05, 4.69) is 5.32 Å². The topological polar surface area (TPSA) is 178 Å². The molecule has 5 atom stereocenters. The van der Waals surface area contributed by atoms with E-state index in [9.17, 15) is 30.0 Å². The van der Waals surface area contributed by atoms with E-state index >= 15 is 0 Å². The van der Waals surface area contributed by atoms with Crippen LogP contribution in [-0.2, 0) is 20.9 Å². The number of hydrogen-bond acceptors (Lipinski definition) is 9. The first-order valence-electron chi connectivity index (χ1n) is 8.56. The van der Waals surface area contributed by atoms with Crippen LogP contribution in [0.15, 0.2) is 30.3 Å². The van der Waals surface area contributed by atoms with Gasteiger partial charge in [0.15, 0.2) is 0 Å². The van der Waals surface area contributed by atoms with Gasteiger partial charge in [-0.25, -0.2) is 4.79 Å². The van der Waals surface area contributed by atoms with E-state index in [0.717, 1.165) is 5.56 Å². The van der Waals surface area contributed by atoms with Gasteiger partial charge in [0.1, 0.15) is 24.9 Å². The molecule has 0 bridgehead atoms. The highest BCUT2D eigenvalue weighted by molar-refractivity contribution is 5.77. The SMILES string of the molecule is O=C(CCNC(=O)OCc1ccccc1)N[C@]1(O)C(O)O[C@H](CO)[C@@H](O)[C@@H]1O. The first kappa shape index (κ1) is 22.0. The predicted molar refractivity (Wildman–Crippen MR) is 92.3 cm³/mol. The third-order valence-corrected chi connectivity index (χ3v) is 4.19. The second-order valence-corrected chi connectivity index (χ2v) is 6.26. The first-order chi connectivity index (χ1) is 13.3. The van der Waals surface area contributed by atoms with E-state index in [-0.39, 0.29) is 19.6 Å². The zero-order valence-corrected chi connectivity index (χ0v) is 14.9. The van der Waals surface area contributed by atoms with E-state index in [0.29, 0.717) is 0 Å². The summed E-state index contributed by atoms with van der Waals surface area (Å²) in [5.41, 5.74) is -1.90. The molecule has 7 N–H and O–H groups in total. The van der Waals surface area contributed by atoms with Crippen molar-refractivity contribution in [3.8, 4) is 0 Å². The van der Waals surface area contributed by atoms with Crippen molar-refractivity contribution in [2.45, 2.75) is 43.4 Å². The molecule has 1 fully saturated rings. The molecule has 1 aromatic carbocycles. The summed E-state index contributed by atoms with van der Waals surface area (Å²) in [6.07, 6.45) is -8.25. The number of nitrogens with one attached hydrogen (secondary N) is 2. The van der Waals surface area contributed by atoms with Crippen LogP contribution in [0.2, 0.25) is 0 Å². The van der Waals surface area contributed by atoms with Crippen molar-refractivity contribution < 1.29 is 44.6 Å². The van der Waals surface area contributed by atoms with E-state index in [1.165, 1.54) is 0 Å². The molecule has 156 valence electrons. The Morgan fingerprint density at radius 1 is 1.18 bits per heavy atom. The Morgan fingerprint density at radius 2 is 1.86 bits per heavy atom.